The first-order valence-electron chi connectivity index (χ1n) is 5.56. The summed E-state index contributed by atoms with van der Waals surface area (Å²) in [6.45, 7) is -0.0589. The number of alkyl halides is 3. The Morgan fingerprint density at radius 2 is 2.14 bits per heavy atom. The van der Waals surface area contributed by atoms with Gasteiger partial charge in [-0.25, -0.2) is 9.78 Å². The predicted molar refractivity (Wildman–Crippen MR) is 72.9 cm³/mol. The summed E-state index contributed by atoms with van der Waals surface area (Å²) in [5, 5.41) is 12.6. The van der Waals surface area contributed by atoms with E-state index in [9.17, 15) is 18.0 Å². The fourth-order valence-corrected chi connectivity index (χ4v) is 2.50. The molecule has 1 heterocycles. The third-order valence-corrected chi connectivity index (χ3v) is 3.69. The fourth-order valence-electron chi connectivity index (χ4n) is 1.61. The van der Waals surface area contributed by atoms with Crippen molar-refractivity contribution in [3.8, 4) is 0 Å². The summed E-state index contributed by atoms with van der Waals surface area (Å²) in [6, 6.07) is 3.46. The number of carbonyl (C=O) groups is 1. The van der Waals surface area contributed by atoms with Gasteiger partial charge in [-0.3, -0.25) is 0 Å². The van der Waals surface area contributed by atoms with E-state index < -0.39 is 17.7 Å². The Morgan fingerprint density at radius 1 is 1.43 bits per heavy atom. The molecule has 2 aromatic rings. The molecule has 0 bridgehead atoms. The highest BCUT2D eigenvalue weighted by atomic mass is 35.5. The van der Waals surface area contributed by atoms with Crippen molar-refractivity contribution in [2.75, 3.05) is 5.32 Å². The van der Waals surface area contributed by atoms with E-state index in [1.54, 1.807) is 0 Å². The molecule has 4 nitrogen and oxygen atoms in total. The molecule has 21 heavy (non-hydrogen) atoms. The number of hydrogen-bond donors (Lipinski definition) is 2. The maximum Gasteiger partial charge on any atom is 0.418 e. The summed E-state index contributed by atoms with van der Waals surface area (Å²) < 4.78 is 38.6. The number of rotatable bonds is 4. The third-order valence-electron chi connectivity index (χ3n) is 2.50. The van der Waals surface area contributed by atoms with Crippen molar-refractivity contribution < 1.29 is 23.1 Å². The van der Waals surface area contributed by atoms with Gasteiger partial charge in [0.25, 0.3) is 0 Å². The smallest absolute Gasteiger partial charge is 0.418 e. The average molecular weight is 337 g/mol. The molecule has 0 fully saturated rings. The number of nitrogens with one attached hydrogen (secondary N) is 1. The van der Waals surface area contributed by atoms with E-state index in [0.29, 0.717) is 5.69 Å². The Bertz CT molecular complexity index is 673. The number of thiazole rings is 1. The van der Waals surface area contributed by atoms with Gasteiger partial charge in [0.05, 0.1) is 28.5 Å². The number of para-hydroxylation sites is 1. The summed E-state index contributed by atoms with van der Waals surface area (Å²) in [7, 11) is 0. The van der Waals surface area contributed by atoms with Crippen LogP contribution >= 0.6 is 22.9 Å². The quantitative estimate of drug-likeness (QED) is 0.881. The minimum atomic E-state index is -4.54. The SMILES string of the molecule is O=C(O)c1nc(CNc2c(Cl)cccc2C(F)(F)F)cs1. The summed E-state index contributed by atoms with van der Waals surface area (Å²) in [5.41, 5.74) is -0.814. The molecule has 0 aliphatic heterocycles. The van der Waals surface area contributed by atoms with Crippen LogP contribution in [0.1, 0.15) is 21.1 Å². The molecule has 1 aromatic carbocycles. The Hall–Kier alpha value is -1.80. The van der Waals surface area contributed by atoms with E-state index in [2.05, 4.69) is 10.3 Å². The molecule has 0 unspecified atom stereocenters. The summed E-state index contributed by atoms with van der Waals surface area (Å²) in [5.74, 6) is -1.18. The molecule has 0 saturated heterocycles. The molecule has 2 rings (SSSR count). The average Bonchev–Trinajstić information content (AvgIpc) is 2.85. The standard InChI is InChI=1S/C12H8ClF3N2O2S/c13-8-3-1-2-7(12(14,15)16)9(8)17-4-6-5-21-10(18-6)11(19)20/h1-3,5,17H,4H2,(H,19,20). The van der Waals surface area contributed by atoms with Crippen LogP contribution in [0.5, 0.6) is 0 Å². The molecule has 112 valence electrons. The van der Waals surface area contributed by atoms with Gasteiger partial charge < -0.3 is 10.4 Å². The van der Waals surface area contributed by atoms with Gasteiger partial charge in [-0.1, -0.05) is 17.7 Å². The topological polar surface area (TPSA) is 62.2 Å². The molecule has 0 saturated carbocycles. The normalized spacial score (nSPS) is 11.4. The van der Waals surface area contributed by atoms with Gasteiger partial charge in [0.2, 0.25) is 5.01 Å². The highest BCUT2D eigenvalue weighted by Crippen LogP contribution is 2.38. The van der Waals surface area contributed by atoms with Crippen LogP contribution in [0, 0.1) is 0 Å². The number of carboxylic acid groups (broad SMARTS) is 1. The van der Waals surface area contributed by atoms with Crippen molar-refractivity contribution in [2.24, 2.45) is 0 Å². The molecule has 0 radical (unpaired) electrons. The van der Waals surface area contributed by atoms with E-state index in [4.69, 9.17) is 16.7 Å². The van der Waals surface area contributed by atoms with Crippen LogP contribution in [0.2, 0.25) is 5.02 Å². The monoisotopic (exact) mass is 336 g/mol. The number of halogens is 4. The molecule has 1 aromatic heterocycles. The van der Waals surface area contributed by atoms with Crippen molar-refractivity contribution in [1.29, 1.82) is 0 Å². The van der Waals surface area contributed by atoms with E-state index in [1.807, 2.05) is 0 Å². The first kappa shape index (κ1) is 15.6. The predicted octanol–water partition coefficient (Wildman–Crippen LogP) is 4.13. The van der Waals surface area contributed by atoms with E-state index >= 15 is 0 Å². The zero-order chi connectivity index (χ0) is 15.6. The second-order valence-corrected chi connectivity index (χ2v) is 5.23. The maximum atomic E-state index is 12.9. The number of nitrogens with zero attached hydrogens (tertiary/aromatic N) is 1. The first-order valence-corrected chi connectivity index (χ1v) is 6.82. The van der Waals surface area contributed by atoms with Crippen LogP contribution in [-0.2, 0) is 12.7 Å². The molecule has 0 spiro atoms. The van der Waals surface area contributed by atoms with Gasteiger partial charge in [0, 0.05) is 5.38 Å². The number of aromatic carboxylic acids is 1. The largest absolute Gasteiger partial charge is 0.476 e. The molecular formula is C12H8ClF3N2O2S. The van der Waals surface area contributed by atoms with E-state index in [-0.39, 0.29) is 22.3 Å². The molecule has 0 aliphatic rings. The Kier molecular flexibility index (Phi) is 4.38. The van der Waals surface area contributed by atoms with Crippen LogP contribution in [0.15, 0.2) is 23.6 Å². The number of carboxylic acids is 1. The van der Waals surface area contributed by atoms with Crippen LogP contribution < -0.4 is 5.32 Å². The van der Waals surface area contributed by atoms with Crippen molar-refractivity contribution in [2.45, 2.75) is 12.7 Å². The van der Waals surface area contributed by atoms with Crippen molar-refractivity contribution in [1.82, 2.24) is 4.98 Å². The number of benzene rings is 1. The highest BCUT2D eigenvalue weighted by molar-refractivity contribution is 7.11. The Labute approximate surface area is 126 Å². The van der Waals surface area contributed by atoms with E-state index in [1.165, 1.54) is 17.5 Å². The Morgan fingerprint density at radius 3 is 2.71 bits per heavy atom. The van der Waals surface area contributed by atoms with Crippen LogP contribution in [0.25, 0.3) is 0 Å². The lowest BCUT2D eigenvalue weighted by atomic mass is 10.1. The second-order valence-electron chi connectivity index (χ2n) is 3.96. The van der Waals surface area contributed by atoms with Crippen LogP contribution in [0.3, 0.4) is 0 Å². The van der Waals surface area contributed by atoms with Gasteiger partial charge in [-0.2, -0.15) is 13.2 Å². The van der Waals surface area contributed by atoms with E-state index in [0.717, 1.165) is 17.4 Å². The molecule has 0 atom stereocenters. The molecule has 0 amide bonds. The summed E-state index contributed by atoms with van der Waals surface area (Å²) >= 11 is 6.68. The zero-order valence-electron chi connectivity index (χ0n) is 10.2. The van der Waals surface area contributed by atoms with Crippen LogP contribution in [0.4, 0.5) is 18.9 Å². The van der Waals surface area contributed by atoms with Gasteiger partial charge >= 0.3 is 12.1 Å². The number of aromatic nitrogens is 1. The molecule has 2 N–H and O–H groups in total. The molecule has 0 aliphatic carbocycles. The highest BCUT2D eigenvalue weighted by Gasteiger charge is 2.34. The van der Waals surface area contributed by atoms with Gasteiger partial charge in [-0.15, -0.1) is 11.3 Å². The summed E-state index contributed by atoms with van der Waals surface area (Å²) in [6.07, 6.45) is -4.54. The lowest BCUT2D eigenvalue weighted by molar-refractivity contribution is -0.137. The van der Waals surface area contributed by atoms with Crippen LogP contribution in [-0.4, -0.2) is 16.1 Å². The van der Waals surface area contributed by atoms with Crippen molar-refractivity contribution in [3.63, 3.8) is 0 Å². The van der Waals surface area contributed by atoms with Gasteiger partial charge in [0.1, 0.15) is 0 Å². The Balaban J connectivity index is 2.21. The van der Waals surface area contributed by atoms with Crippen molar-refractivity contribution in [3.05, 3.63) is 44.9 Å². The van der Waals surface area contributed by atoms with Gasteiger partial charge in [-0.05, 0) is 12.1 Å². The maximum absolute atomic E-state index is 12.9. The fraction of sp³-hybridized carbons (Fsp3) is 0.167. The zero-order valence-corrected chi connectivity index (χ0v) is 11.8. The lowest BCUT2D eigenvalue weighted by Gasteiger charge is -2.15. The minimum Gasteiger partial charge on any atom is -0.476 e. The second kappa shape index (κ2) is 5.90. The first-order chi connectivity index (χ1) is 9.79. The molecule has 9 heteroatoms. The number of hydrogen-bond acceptors (Lipinski definition) is 4. The number of anilines is 1. The van der Waals surface area contributed by atoms with Gasteiger partial charge in [0.15, 0.2) is 0 Å². The summed E-state index contributed by atoms with van der Waals surface area (Å²) in [4.78, 5) is 14.5. The third kappa shape index (κ3) is 3.64. The lowest BCUT2D eigenvalue weighted by Crippen LogP contribution is -2.11. The minimum absolute atomic E-state index is 0.0589. The molecular weight excluding hydrogens is 329 g/mol. The van der Waals surface area contributed by atoms with Crippen molar-refractivity contribution >= 4 is 34.6 Å².